The van der Waals surface area contributed by atoms with Crippen molar-refractivity contribution in [1.82, 2.24) is 19.9 Å². The molecule has 0 saturated carbocycles. The van der Waals surface area contributed by atoms with E-state index < -0.39 is 0 Å². The number of anilines is 1. The van der Waals surface area contributed by atoms with E-state index in [2.05, 4.69) is 20.3 Å². The maximum Gasteiger partial charge on any atom is 0.183 e. The molecule has 136 valence electrons. The number of fused-ring (bicyclic) bond motifs is 2. The molecule has 0 atom stereocenters. The van der Waals surface area contributed by atoms with Gasteiger partial charge in [0, 0.05) is 31.1 Å². The summed E-state index contributed by atoms with van der Waals surface area (Å²) in [6.07, 6.45) is 6.31. The van der Waals surface area contributed by atoms with E-state index in [0.29, 0.717) is 0 Å². The van der Waals surface area contributed by atoms with E-state index >= 15 is 0 Å². The van der Waals surface area contributed by atoms with Crippen LogP contribution < -0.4 is 10.1 Å². The highest BCUT2D eigenvalue weighted by Crippen LogP contribution is 2.32. The minimum Gasteiger partial charge on any atom is -0.457 e. The van der Waals surface area contributed by atoms with Crippen LogP contribution in [0.25, 0.3) is 21.7 Å². The summed E-state index contributed by atoms with van der Waals surface area (Å²) in [5, 5.41) is 3.98. The Morgan fingerprint density at radius 3 is 2.85 bits per heavy atom. The summed E-state index contributed by atoms with van der Waals surface area (Å²) in [7, 11) is 1.88. The highest BCUT2D eigenvalue weighted by molar-refractivity contribution is 7.22. The van der Waals surface area contributed by atoms with Crippen LogP contribution in [0.5, 0.6) is 11.5 Å². The summed E-state index contributed by atoms with van der Waals surface area (Å²) >= 11 is 1.61. The number of hydrogen-bond acceptors (Lipinski definition) is 6. The lowest BCUT2D eigenvalue weighted by molar-refractivity contribution is 0.483. The minimum atomic E-state index is 0.743. The first-order valence-electron chi connectivity index (χ1n) is 9.09. The number of hydrogen-bond donors (Lipinski definition) is 2. The van der Waals surface area contributed by atoms with E-state index in [4.69, 9.17) is 9.72 Å². The van der Waals surface area contributed by atoms with Gasteiger partial charge in [0.2, 0.25) is 0 Å². The molecule has 6 nitrogen and oxygen atoms in total. The zero-order valence-electron chi connectivity index (χ0n) is 15.0. The van der Waals surface area contributed by atoms with Crippen LogP contribution in [0.3, 0.4) is 0 Å². The van der Waals surface area contributed by atoms with Gasteiger partial charge in [0.25, 0.3) is 0 Å². The molecule has 0 saturated heterocycles. The van der Waals surface area contributed by atoms with Crippen molar-refractivity contribution in [2.75, 3.05) is 12.4 Å². The number of aromatic amines is 1. The molecule has 27 heavy (non-hydrogen) atoms. The second kappa shape index (κ2) is 6.66. The number of aryl methyl sites for hydroxylation is 2. The van der Waals surface area contributed by atoms with Crippen LogP contribution in [0.2, 0.25) is 0 Å². The fraction of sp³-hybridized carbons (Fsp3) is 0.250. The molecule has 5 rings (SSSR count). The van der Waals surface area contributed by atoms with Crippen molar-refractivity contribution in [2.45, 2.75) is 25.7 Å². The van der Waals surface area contributed by atoms with Crippen molar-refractivity contribution in [3.05, 3.63) is 47.9 Å². The summed E-state index contributed by atoms with van der Waals surface area (Å²) in [6, 6.07) is 9.72. The van der Waals surface area contributed by atoms with Crippen LogP contribution in [0.4, 0.5) is 5.13 Å². The molecule has 0 bridgehead atoms. The van der Waals surface area contributed by atoms with Crippen LogP contribution in [-0.2, 0) is 12.8 Å². The first-order chi connectivity index (χ1) is 13.3. The van der Waals surface area contributed by atoms with Crippen LogP contribution in [0.15, 0.2) is 36.5 Å². The number of imidazole rings is 1. The molecule has 1 aliphatic carbocycles. The lowest BCUT2D eigenvalue weighted by atomic mass is 10.0. The first-order valence-corrected chi connectivity index (χ1v) is 9.90. The predicted octanol–water partition coefficient (Wildman–Crippen LogP) is 4.79. The molecule has 3 aromatic heterocycles. The standard InChI is InChI=1S/C20H19N5OS/c1-21-20-25-16-7-6-12(11-18(16)27-20)26-13-8-9-22-17(10-13)19-23-14-4-2-3-5-15(14)24-19/h6-11H,2-5H2,1H3,(H,21,25)(H,23,24). The Labute approximate surface area is 160 Å². The zero-order chi connectivity index (χ0) is 18.2. The van der Waals surface area contributed by atoms with Crippen molar-refractivity contribution in [2.24, 2.45) is 0 Å². The van der Waals surface area contributed by atoms with Crippen LogP contribution >= 0.6 is 11.3 Å². The molecule has 7 heteroatoms. The molecular weight excluding hydrogens is 358 g/mol. The summed E-state index contributed by atoms with van der Waals surface area (Å²) in [4.78, 5) is 17.1. The third kappa shape index (κ3) is 3.14. The van der Waals surface area contributed by atoms with Gasteiger partial charge in [-0.3, -0.25) is 4.98 Å². The van der Waals surface area contributed by atoms with Crippen LogP contribution in [0.1, 0.15) is 24.2 Å². The second-order valence-electron chi connectivity index (χ2n) is 6.60. The van der Waals surface area contributed by atoms with Gasteiger partial charge in [-0.25, -0.2) is 9.97 Å². The Kier molecular flexibility index (Phi) is 4.01. The number of thiazole rings is 1. The molecule has 3 heterocycles. The summed E-state index contributed by atoms with van der Waals surface area (Å²) in [6.45, 7) is 0. The molecule has 0 amide bonds. The van der Waals surface area contributed by atoms with Crippen molar-refractivity contribution in [1.29, 1.82) is 0 Å². The van der Waals surface area contributed by atoms with Crippen molar-refractivity contribution < 1.29 is 4.74 Å². The van der Waals surface area contributed by atoms with E-state index in [1.54, 1.807) is 17.5 Å². The number of benzene rings is 1. The van der Waals surface area contributed by atoms with Gasteiger partial charge in [0.1, 0.15) is 17.2 Å². The maximum atomic E-state index is 6.07. The molecule has 0 radical (unpaired) electrons. The van der Waals surface area contributed by atoms with E-state index in [1.807, 2.05) is 37.4 Å². The summed E-state index contributed by atoms with van der Waals surface area (Å²) < 4.78 is 7.16. The number of ether oxygens (including phenoxy) is 1. The number of aromatic nitrogens is 4. The number of H-pyrrole nitrogens is 1. The normalized spacial score (nSPS) is 13.5. The monoisotopic (exact) mass is 377 g/mol. The molecule has 0 spiro atoms. The lowest BCUT2D eigenvalue weighted by Gasteiger charge is -2.07. The quantitative estimate of drug-likeness (QED) is 0.534. The molecule has 1 aliphatic rings. The van der Waals surface area contributed by atoms with Gasteiger partial charge < -0.3 is 15.0 Å². The molecule has 0 aliphatic heterocycles. The Balaban J connectivity index is 1.42. The van der Waals surface area contributed by atoms with E-state index in [0.717, 1.165) is 51.2 Å². The summed E-state index contributed by atoms with van der Waals surface area (Å²) in [5.41, 5.74) is 4.20. The zero-order valence-corrected chi connectivity index (χ0v) is 15.8. The number of nitrogens with zero attached hydrogens (tertiary/aromatic N) is 3. The lowest BCUT2D eigenvalue weighted by Crippen LogP contribution is -2.00. The fourth-order valence-corrected chi connectivity index (χ4v) is 4.24. The van der Waals surface area contributed by atoms with Gasteiger partial charge in [-0.1, -0.05) is 11.3 Å². The van der Waals surface area contributed by atoms with Gasteiger partial charge in [-0.2, -0.15) is 0 Å². The Bertz CT molecular complexity index is 1090. The van der Waals surface area contributed by atoms with E-state index in [1.165, 1.54) is 24.2 Å². The smallest absolute Gasteiger partial charge is 0.183 e. The minimum absolute atomic E-state index is 0.743. The number of rotatable bonds is 4. The molecule has 0 fully saturated rings. The molecule has 4 aromatic rings. The predicted molar refractivity (Wildman–Crippen MR) is 108 cm³/mol. The summed E-state index contributed by atoms with van der Waals surface area (Å²) in [5.74, 6) is 2.35. The van der Waals surface area contributed by atoms with Gasteiger partial charge in [0.15, 0.2) is 11.0 Å². The molecule has 2 N–H and O–H groups in total. The van der Waals surface area contributed by atoms with Crippen molar-refractivity contribution in [3.8, 4) is 23.0 Å². The number of pyridine rings is 1. The highest BCUT2D eigenvalue weighted by Gasteiger charge is 2.16. The molecular formula is C20H19N5OS. The molecule has 0 unspecified atom stereocenters. The third-order valence-electron chi connectivity index (χ3n) is 4.74. The second-order valence-corrected chi connectivity index (χ2v) is 7.63. The van der Waals surface area contributed by atoms with E-state index in [-0.39, 0.29) is 0 Å². The Hall–Kier alpha value is -2.93. The average Bonchev–Trinajstić information content (AvgIpc) is 3.31. The fourth-order valence-electron chi connectivity index (χ4n) is 3.39. The van der Waals surface area contributed by atoms with Gasteiger partial charge in [-0.05, 0) is 43.9 Å². The Morgan fingerprint density at radius 2 is 1.96 bits per heavy atom. The average molecular weight is 377 g/mol. The highest BCUT2D eigenvalue weighted by atomic mass is 32.1. The van der Waals surface area contributed by atoms with Gasteiger partial charge in [0.05, 0.1) is 15.9 Å². The first kappa shape index (κ1) is 16.3. The van der Waals surface area contributed by atoms with Crippen LogP contribution in [0, 0.1) is 0 Å². The SMILES string of the molecule is CNc1nc2ccc(Oc3ccnc(-c4nc5c([nH]4)CCCC5)c3)cc2s1. The van der Waals surface area contributed by atoms with Gasteiger partial charge >= 0.3 is 0 Å². The van der Waals surface area contributed by atoms with Crippen molar-refractivity contribution in [3.63, 3.8) is 0 Å². The van der Waals surface area contributed by atoms with Gasteiger partial charge in [-0.15, -0.1) is 0 Å². The largest absolute Gasteiger partial charge is 0.457 e. The van der Waals surface area contributed by atoms with Crippen molar-refractivity contribution >= 4 is 26.7 Å². The Morgan fingerprint density at radius 1 is 1.07 bits per heavy atom. The van der Waals surface area contributed by atoms with E-state index in [9.17, 15) is 0 Å². The maximum absolute atomic E-state index is 6.07. The number of nitrogens with one attached hydrogen (secondary N) is 2. The topological polar surface area (TPSA) is 75.7 Å². The third-order valence-corrected chi connectivity index (χ3v) is 5.77. The van der Waals surface area contributed by atoms with Crippen LogP contribution in [-0.4, -0.2) is 27.0 Å². The molecule has 1 aromatic carbocycles.